The fourth-order valence-electron chi connectivity index (χ4n) is 3.23. The summed E-state index contributed by atoms with van der Waals surface area (Å²) < 4.78 is 35.4. The standard InChI is InChI=1S/C19H27F2N5O3.HI/c1-19(2,3)29-18(27)25-7-8-26-14(11-25)10-24-17(26)23-9-13-5-4-6-22-16(13)28-12-15(20)21;/h4-6,14-15H,7-12H2,1-3H3,(H,23,24);1H. The van der Waals surface area contributed by atoms with Gasteiger partial charge in [-0.1, -0.05) is 6.07 Å². The average Bonchev–Trinajstić information content (AvgIpc) is 3.06. The molecular weight excluding hydrogens is 511 g/mol. The van der Waals surface area contributed by atoms with Crippen LogP contribution in [0.15, 0.2) is 23.3 Å². The summed E-state index contributed by atoms with van der Waals surface area (Å²) in [5, 5.41) is 3.24. The van der Waals surface area contributed by atoms with E-state index in [0.717, 1.165) is 5.96 Å². The lowest BCUT2D eigenvalue weighted by atomic mass is 10.2. The van der Waals surface area contributed by atoms with Gasteiger partial charge in [0.2, 0.25) is 5.88 Å². The van der Waals surface area contributed by atoms with Gasteiger partial charge >= 0.3 is 6.09 Å². The molecule has 11 heteroatoms. The van der Waals surface area contributed by atoms with Crippen LogP contribution in [0.2, 0.25) is 0 Å². The van der Waals surface area contributed by atoms with E-state index in [1.807, 2.05) is 20.8 Å². The van der Waals surface area contributed by atoms with Gasteiger partial charge in [0.25, 0.3) is 6.43 Å². The van der Waals surface area contributed by atoms with E-state index in [-0.39, 0.29) is 42.0 Å². The molecule has 0 saturated carbocycles. The van der Waals surface area contributed by atoms with Gasteiger partial charge in [-0.05, 0) is 26.8 Å². The minimum Gasteiger partial charge on any atom is -0.471 e. The third-order valence-electron chi connectivity index (χ3n) is 4.49. The van der Waals surface area contributed by atoms with Crippen molar-refractivity contribution in [1.82, 2.24) is 20.1 Å². The summed E-state index contributed by atoms with van der Waals surface area (Å²) in [7, 11) is 0. The minimum absolute atomic E-state index is 0. The van der Waals surface area contributed by atoms with Gasteiger partial charge in [-0.15, -0.1) is 24.0 Å². The van der Waals surface area contributed by atoms with Gasteiger partial charge in [-0.2, -0.15) is 0 Å². The van der Waals surface area contributed by atoms with Crippen molar-refractivity contribution in [2.24, 2.45) is 4.99 Å². The van der Waals surface area contributed by atoms with Crippen molar-refractivity contribution in [3.63, 3.8) is 0 Å². The van der Waals surface area contributed by atoms with Crippen LogP contribution in [0, 0.1) is 0 Å². The van der Waals surface area contributed by atoms with Crippen LogP contribution in [0.25, 0.3) is 0 Å². The molecule has 3 heterocycles. The molecule has 0 radical (unpaired) electrons. The Morgan fingerprint density at radius 3 is 2.83 bits per heavy atom. The number of nitrogens with one attached hydrogen (secondary N) is 1. The highest BCUT2D eigenvalue weighted by Gasteiger charge is 2.36. The molecule has 0 aliphatic carbocycles. The van der Waals surface area contributed by atoms with Gasteiger partial charge in [0, 0.05) is 37.9 Å². The average molecular weight is 539 g/mol. The lowest BCUT2D eigenvalue weighted by molar-refractivity contribution is 0.0137. The predicted octanol–water partition coefficient (Wildman–Crippen LogP) is 2.72. The maximum absolute atomic E-state index is 12.4. The molecule has 8 nitrogen and oxygen atoms in total. The van der Waals surface area contributed by atoms with Gasteiger partial charge in [-0.25, -0.2) is 18.6 Å². The van der Waals surface area contributed by atoms with Crippen molar-refractivity contribution in [3.05, 3.63) is 23.9 Å². The van der Waals surface area contributed by atoms with Crippen molar-refractivity contribution in [1.29, 1.82) is 0 Å². The second-order valence-electron chi connectivity index (χ2n) is 7.96. The quantitative estimate of drug-likeness (QED) is 0.581. The number of hydrogen-bond donors (Lipinski definition) is 1. The zero-order chi connectivity index (χ0) is 21.0. The Morgan fingerprint density at radius 2 is 2.13 bits per heavy atom. The first-order chi connectivity index (χ1) is 13.7. The van der Waals surface area contributed by atoms with Crippen LogP contribution < -0.4 is 10.1 Å². The summed E-state index contributed by atoms with van der Waals surface area (Å²) in [5.74, 6) is 0.910. The van der Waals surface area contributed by atoms with E-state index in [1.54, 1.807) is 17.0 Å². The SMILES string of the molecule is CC(C)(C)OC(=O)N1CCN2C(NCc3cccnc3OCC(F)F)=NCC2C1.I. The van der Waals surface area contributed by atoms with Crippen LogP contribution in [0.3, 0.4) is 0 Å². The number of nitrogens with zero attached hydrogens (tertiary/aromatic N) is 4. The van der Waals surface area contributed by atoms with E-state index in [1.165, 1.54) is 6.20 Å². The largest absolute Gasteiger partial charge is 0.471 e. The number of halogens is 3. The lowest BCUT2D eigenvalue weighted by Gasteiger charge is -2.39. The summed E-state index contributed by atoms with van der Waals surface area (Å²) in [4.78, 5) is 24.7. The van der Waals surface area contributed by atoms with E-state index in [9.17, 15) is 13.6 Å². The zero-order valence-electron chi connectivity index (χ0n) is 17.3. The number of carbonyl (C=O) groups excluding carboxylic acids is 1. The minimum atomic E-state index is -2.56. The number of ether oxygens (including phenoxy) is 2. The molecule has 3 rings (SSSR count). The van der Waals surface area contributed by atoms with Crippen LogP contribution in [0.1, 0.15) is 26.3 Å². The molecular formula is C19H28F2IN5O3. The van der Waals surface area contributed by atoms with Gasteiger partial charge < -0.3 is 24.6 Å². The number of rotatable bonds is 5. The zero-order valence-corrected chi connectivity index (χ0v) is 19.6. The molecule has 1 atom stereocenters. The first kappa shape index (κ1) is 24.4. The Kier molecular flexibility index (Phi) is 8.44. The molecule has 0 spiro atoms. The molecule has 1 N–H and O–H groups in total. The molecule has 1 amide bonds. The van der Waals surface area contributed by atoms with Crippen molar-refractivity contribution in [2.75, 3.05) is 32.8 Å². The van der Waals surface area contributed by atoms with E-state index in [0.29, 0.717) is 38.3 Å². The van der Waals surface area contributed by atoms with Gasteiger partial charge in [0.15, 0.2) is 12.6 Å². The maximum atomic E-state index is 12.4. The first-order valence-corrected chi connectivity index (χ1v) is 9.60. The highest BCUT2D eigenvalue weighted by molar-refractivity contribution is 14.0. The molecule has 1 fully saturated rings. The number of carbonyl (C=O) groups is 1. The van der Waals surface area contributed by atoms with Crippen LogP contribution in [-0.2, 0) is 11.3 Å². The predicted molar refractivity (Wildman–Crippen MR) is 119 cm³/mol. The highest BCUT2D eigenvalue weighted by atomic mass is 127. The van der Waals surface area contributed by atoms with Crippen molar-refractivity contribution < 1.29 is 23.0 Å². The van der Waals surface area contributed by atoms with Crippen LogP contribution in [0.4, 0.5) is 13.6 Å². The topological polar surface area (TPSA) is 79.3 Å². The normalized spacial score (nSPS) is 18.5. The van der Waals surface area contributed by atoms with E-state index in [4.69, 9.17) is 9.47 Å². The molecule has 1 aromatic rings. The van der Waals surface area contributed by atoms with Crippen molar-refractivity contribution in [2.45, 2.75) is 45.4 Å². The molecule has 1 saturated heterocycles. The number of piperazine rings is 1. The highest BCUT2D eigenvalue weighted by Crippen LogP contribution is 2.20. The van der Waals surface area contributed by atoms with Gasteiger partial charge in [0.1, 0.15) is 5.60 Å². The number of aromatic nitrogens is 1. The molecule has 0 bridgehead atoms. The van der Waals surface area contributed by atoms with Gasteiger partial charge in [-0.3, -0.25) is 4.99 Å². The second-order valence-corrected chi connectivity index (χ2v) is 7.96. The molecule has 2 aliphatic heterocycles. The Balaban J connectivity index is 0.00000320. The number of alkyl halides is 2. The van der Waals surface area contributed by atoms with Gasteiger partial charge in [0.05, 0.1) is 12.6 Å². The summed E-state index contributed by atoms with van der Waals surface area (Å²) in [6.45, 7) is 7.49. The number of fused-ring (bicyclic) bond motifs is 1. The maximum Gasteiger partial charge on any atom is 0.410 e. The van der Waals surface area contributed by atoms with Crippen LogP contribution in [-0.4, -0.2) is 77.7 Å². The monoisotopic (exact) mass is 539 g/mol. The number of amides is 1. The lowest BCUT2D eigenvalue weighted by Crippen LogP contribution is -2.57. The Hall–Kier alpha value is -1.92. The molecule has 2 aliphatic rings. The number of hydrogen-bond acceptors (Lipinski definition) is 7. The molecule has 30 heavy (non-hydrogen) atoms. The van der Waals surface area contributed by atoms with E-state index < -0.39 is 18.6 Å². The second kappa shape index (κ2) is 10.4. The molecule has 1 unspecified atom stereocenters. The number of guanidine groups is 1. The molecule has 0 aromatic carbocycles. The Labute approximate surface area is 192 Å². The number of aliphatic imine (C=N–C) groups is 1. The van der Waals surface area contributed by atoms with E-state index >= 15 is 0 Å². The number of pyridine rings is 1. The van der Waals surface area contributed by atoms with Crippen molar-refractivity contribution >= 4 is 36.0 Å². The summed E-state index contributed by atoms with van der Waals surface area (Å²) in [5.41, 5.74) is 0.146. The molecule has 168 valence electrons. The third kappa shape index (κ3) is 6.54. The van der Waals surface area contributed by atoms with Crippen LogP contribution >= 0.6 is 24.0 Å². The Morgan fingerprint density at radius 1 is 1.37 bits per heavy atom. The fraction of sp³-hybridized carbons (Fsp3) is 0.632. The summed E-state index contributed by atoms with van der Waals surface area (Å²) in [6.07, 6.45) is -1.36. The first-order valence-electron chi connectivity index (χ1n) is 9.60. The Bertz CT molecular complexity index is 760. The smallest absolute Gasteiger partial charge is 0.410 e. The summed E-state index contributed by atoms with van der Waals surface area (Å²) in [6, 6.07) is 3.58. The summed E-state index contributed by atoms with van der Waals surface area (Å²) >= 11 is 0. The molecule has 1 aromatic heterocycles. The van der Waals surface area contributed by atoms with Crippen LogP contribution in [0.5, 0.6) is 5.88 Å². The fourth-order valence-corrected chi connectivity index (χ4v) is 3.23. The van der Waals surface area contributed by atoms with E-state index in [2.05, 4.69) is 20.2 Å². The third-order valence-corrected chi connectivity index (χ3v) is 4.49. The van der Waals surface area contributed by atoms with Crippen molar-refractivity contribution in [3.8, 4) is 5.88 Å².